The number of carbonyl (C=O) groups excluding carboxylic acids is 1. The molecule has 0 bridgehead atoms. The molecule has 2 N–H and O–H groups in total. The van der Waals surface area contributed by atoms with Crippen molar-refractivity contribution in [2.75, 3.05) is 27.2 Å². The number of nitrogens with zero attached hydrogens (tertiary/aromatic N) is 2. The lowest BCUT2D eigenvalue weighted by molar-refractivity contribution is -0.133. The summed E-state index contributed by atoms with van der Waals surface area (Å²) in [7, 11) is 4.05. The molecule has 2 atom stereocenters. The Labute approximate surface area is 99.8 Å². The summed E-state index contributed by atoms with van der Waals surface area (Å²) in [5.74, 6) is 0.217. The molecule has 0 aromatic carbocycles. The molecular weight excluding hydrogens is 202 g/mol. The summed E-state index contributed by atoms with van der Waals surface area (Å²) < 4.78 is 0. The van der Waals surface area contributed by atoms with E-state index in [1.807, 2.05) is 32.8 Å². The van der Waals surface area contributed by atoms with E-state index in [1.54, 1.807) is 0 Å². The average Bonchev–Trinajstić information content (AvgIpc) is 2.14. The van der Waals surface area contributed by atoms with Crippen LogP contribution in [0.1, 0.15) is 33.6 Å². The van der Waals surface area contributed by atoms with E-state index >= 15 is 0 Å². The van der Waals surface area contributed by atoms with Gasteiger partial charge in [0, 0.05) is 31.6 Å². The van der Waals surface area contributed by atoms with Crippen molar-refractivity contribution in [2.24, 2.45) is 5.73 Å². The summed E-state index contributed by atoms with van der Waals surface area (Å²) in [6.45, 7) is 7.72. The van der Waals surface area contributed by atoms with Gasteiger partial charge in [-0.05, 0) is 41.3 Å². The van der Waals surface area contributed by atoms with Crippen molar-refractivity contribution in [3.63, 3.8) is 0 Å². The Kier molecular flexibility index (Phi) is 7.34. The van der Waals surface area contributed by atoms with Crippen LogP contribution < -0.4 is 5.73 Å². The minimum atomic E-state index is 0.104. The van der Waals surface area contributed by atoms with Gasteiger partial charge in [0.1, 0.15) is 0 Å². The van der Waals surface area contributed by atoms with Crippen molar-refractivity contribution in [1.82, 2.24) is 9.80 Å². The number of amides is 1. The molecule has 0 rings (SSSR count). The lowest BCUT2D eigenvalue weighted by Gasteiger charge is -2.30. The summed E-state index contributed by atoms with van der Waals surface area (Å²) >= 11 is 0. The molecule has 96 valence electrons. The van der Waals surface area contributed by atoms with Crippen molar-refractivity contribution >= 4 is 5.91 Å². The molecule has 4 heteroatoms. The monoisotopic (exact) mass is 229 g/mol. The summed E-state index contributed by atoms with van der Waals surface area (Å²) in [6.07, 6.45) is 1.33. The van der Waals surface area contributed by atoms with Crippen molar-refractivity contribution in [2.45, 2.75) is 45.7 Å². The third kappa shape index (κ3) is 6.08. The van der Waals surface area contributed by atoms with Gasteiger partial charge in [0.15, 0.2) is 0 Å². The first-order chi connectivity index (χ1) is 7.38. The van der Waals surface area contributed by atoms with Gasteiger partial charge in [0.2, 0.25) is 5.91 Å². The van der Waals surface area contributed by atoms with E-state index in [1.165, 1.54) is 0 Å². The molecule has 0 saturated carbocycles. The van der Waals surface area contributed by atoms with Crippen molar-refractivity contribution in [3.05, 3.63) is 0 Å². The first-order valence-electron chi connectivity index (χ1n) is 6.08. The quantitative estimate of drug-likeness (QED) is 0.706. The van der Waals surface area contributed by atoms with Gasteiger partial charge in [0.25, 0.3) is 0 Å². The molecular formula is C12H27N3O. The highest BCUT2D eigenvalue weighted by Gasteiger charge is 2.18. The van der Waals surface area contributed by atoms with Crippen LogP contribution in [0.15, 0.2) is 0 Å². The van der Waals surface area contributed by atoms with Gasteiger partial charge in [-0.25, -0.2) is 0 Å². The van der Waals surface area contributed by atoms with E-state index in [4.69, 9.17) is 5.73 Å². The van der Waals surface area contributed by atoms with E-state index < -0.39 is 0 Å². The molecule has 4 nitrogen and oxygen atoms in total. The maximum Gasteiger partial charge on any atom is 0.222 e. The van der Waals surface area contributed by atoms with E-state index in [2.05, 4.69) is 11.8 Å². The molecule has 0 fully saturated rings. The third-order valence-electron chi connectivity index (χ3n) is 2.64. The molecule has 16 heavy (non-hydrogen) atoms. The number of hydrogen-bond donors (Lipinski definition) is 1. The second kappa shape index (κ2) is 7.63. The van der Waals surface area contributed by atoms with Gasteiger partial charge in [-0.2, -0.15) is 0 Å². The largest absolute Gasteiger partial charge is 0.339 e. The summed E-state index contributed by atoms with van der Waals surface area (Å²) in [4.78, 5) is 16.0. The highest BCUT2D eigenvalue weighted by atomic mass is 16.2. The molecule has 0 aliphatic rings. The minimum Gasteiger partial charge on any atom is -0.339 e. The number of carbonyl (C=O) groups is 1. The number of likely N-dealkylation sites (N-methyl/N-ethyl adjacent to an activating group) is 2. The van der Waals surface area contributed by atoms with E-state index in [0.717, 1.165) is 19.5 Å². The highest BCUT2D eigenvalue weighted by molar-refractivity contribution is 5.76. The predicted octanol–water partition coefficient (Wildman–Crippen LogP) is 0.912. The predicted molar refractivity (Wildman–Crippen MR) is 68.3 cm³/mol. The summed E-state index contributed by atoms with van der Waals surface area (Å²) in [5, 5.41) is 0. The van der Waals surface area contributed by atoms with Crippen LogP contribution in [-0.2, 0) is 4.79 Å². The molecule has 0 spiro atoms. The Hall–Kier alpha value is -0.610. The maximum absolute atomic E-state index is 12.0. The smallest absolute Gasteiger partial charge is 0.222 e. The van der Waals surface area contributed by atoms with E-state index in [9.17, 15) is 4.79 Å². The second-order valence-corrected chi connectivity index (χ2v) is 4.81. The Morgan fingerprint density at radius 1 is 1.31 bits per heavy atom. The average molecular weight is 229 g/mol. The van der Waals surface area contributed by atoms with Crippen molar-refractivity contribution < 1.29 is 4.79 Å². The zero-order valence-corrected chi connectivity index (χ0v) is 11.4. The molecule has 0 saturated heterocycles. The Morgan fingerprint density at radius 3 is 2.25 bits per heavy atom. The van der Waals surface area contributed by atoms with Gasteiger partial charge in [-0.3, -0.25) is 4.79 Å². The Morgan fingerprint density at radius 2 is 1.88 bits per heavy atom. The van der Waals surface area contributed by atoms with Crippen LogP contribution in [-0.4, -0.2) is 55.0 Å². The van der Waals surface area contributed by atoms with Gasteiger partial charge in [-0.1, -0.05) is 0 Å². The maximum atomic E-state index is 12.0. The van der Waals surface area contributed by atoms with Crippen molar-refractivity contribution in [3.8, 4) is 0 Å². The van der Waals surface area contributed by atoms with Crippen LogP contribution in [0.25, 0.3) is 0 Å². The van der Waals surface area contributed by atoms with Gasteiger partial charge in [-0.15, -0.1) is 0 Å². The number of hydrogen-bond acceptors (Lipinski definition) is 3. The van der Waals surface area contributed by atoms with Crippen LogP contribution in [0.3, 0.4) is 0 Å². The van der Waals surface area contributed by atoms with E-state index in [-0.39, 0.29) is 18.0 Å². The minimum absolute atomic E-state index is 0.104. The van der Waals surface area contributed by atoms with Crippen molar-refractivity contribution in [1.29, 1.82) is 0 Å². The molecule has 0 aliphatic heterocycles. The lowest BCUT2D eigenvalue weighted by atomic mass is 10.1. The molecule has 2 unspecified atom stereocenters. The topological polar surface area (TPSA) is 49.6 Å². The number of nitrogens with two attached hydrogens (primary N) is 1. The van der Waals surface area contributed by atoms with E-state index in [0.29, 0.717) is 6.42 Å². The summed E-state index contributed by atoms with van der Waals surface area (Å²) in [6, 6.07) is 0.368. The highest BCUT2D eigenvalue weighted by Crippen LogP contribution is 2.06. The standard InChI is InChI=1S/C12H27N3O/c1-6-15(11(3)9-14(4)5)12(16)8-7-10(2)13/h10-11H,6-9,13H2,1-5H3. The zero-order valence-electron chi connectivity index (χ0n) is 11.4. The Bertz CT molecular complexity index is 204. The molecule has 1 amide bonds. The fourth-order valence-electron chi connectivity index (χ4n) is 1.86. The first kappa shape index (κ1) is 15.4. The zero-order chi connectivity index (χ0) is 12.7. The molecule has 0 aliphatic carbocycles. The lowest BCUT2D eigenvalue weighted by Crippen LogP contribution is -2.44. The van der Waals surface area contributed by atoms with Gasteiger partial charge < -0.3 is 15.5 Å². The van der Waals surface area contributed by atoms with Crippen LogP contribution in [0, 0.1) is 0 Å². The van der Waals surface area contributed by atoms with Gasteiger partial charge in [0.05, 0.1) is 0 Å². The van der Waals surface area contributed by atoms with Crippen LogP contribution in [0.2, 0.25) is 0 Å². The van der Waals surface area contributed by atoms with Crippen LogP contribution >= 0.6 is 0 Å². The second-order valence-electron chi connectivity index (χ2n) is 4.81. The third-order valence-corrected chi connectivity index (χ3v) is 2.64. The van der Waals surface area contributed by atoms with Crippen LogP contribution in [0.4, 0.5) is 0 Å². The number of rotatable bonds is 7. The molecule has 0 heterocycles. The summed E-state index contributed by atoms with van der Waals surface area (Å²) in [5.41, 5.74) is 5.66. The normalized spacial score (nSPS) is 14.9. The van der Waals surface area contributed by atoms with Gasteiger partial charge >= 0.3 is 0 Å². The Balaban J connectivity index is 4.19. The first-order valence-corrected chi connectivity index (χ1v) is 6.08. The fourth-order valence-corrected chi connectivity index (χ4v) is 1.86. The SMILES string of the molecule is CCN(C(=O)CCC(C)N)C(C)CN(C)C. The fraction of sp³-hybridized carbons (Fsp3) is 0.917. The molecule has 0 radical (unpaired) electrons. The molecule has 0 aromatic rings. The molecule has 0 aromatic heterocycles. The van der Waals surface area contributed by atoms with Crippen LogP contribution in [0.5, 0.6) is 0 Å².